The van der Waals surface area contributed by atoms with Crippen LogP contribution in [0, 0.1) is 0 Å². The van der Waals surface area contributed by atoms with E-state index in [2.05, 4.69) is 47.2 Å². The summed E-state index contributed by atoms with van der Waals surface area (Å²) in [6.07, 6.45) is -0.521. The Bertz CT molecular complexity index is 568. The lowest BCUT2D eigenvalue weighted by atomic mass is 10.0. The zero-order chi connectivity index (χ0) is 14.5. The molecule has 2 nitrogen and oxygen atoms in total. The fraction of sp³-hybridized carbons (Fsp3) is 0.294. The van der Waals surface area contributed by atoms with E-state index in [9.17, 15) is 5.11 Å². The van der Waals surface area contributed by atoms with E-state index in [0.717, 1.165) is 15.7 Å². The van der Waals surface area contributed by atoms with E-state index in [4.69, 9.17) is 0 Å². The Morgan fingerprint density at radius 3 is 2.55 bits per heavy atom. The molecular weight excluding hydrogens is 314 g/mol. The Balaban J connectivity index is 2.05. The Morgan fingerprint density at radius 2 is 1.85 bits per heavy atom. The quantitative estimate of drug-likeness (QED) is 0.829. The van der Waals surface area contributed by atoms with Gasteiger partial charge in [0.05, 0.1) is 6.10 Å². The van der Waals surface area contributed by atoms with Crippen LogP contribution in [0.1, 0.15) is 37.0 Å². The van der Waals surface area contributed by atoms with Crippen LogP contribution in [-0.4, -0.2) is 11.7 Å². The molecule has 0 fully saturated rings. The maximum atomic E-state index is 10.3. The molecule has 1 atom stereocenters. The number of hydrogen-bond acceptors (Lipinski definition) is 2. The normalized spacial score (nSPS) is 12.4. The van der Waals surface area contributed by atoms with Crippen molar-refractivity contribution in [1.29, 1.82) is 0 Å². The summed E-state index contributed by atoms with van der Waals surface area (Å²) in [5.41, 5.74) is 3.28. The molecular formula is C17H20BrNO. The van der Waals surface area contributed by atoms with Crippen molar-refractivity contribution in [3.05, 3.63) is 64.1 Å². The zero-order valence-electron chi connectivity index (χ0n) is 11.8. The molecule has 0 aliphatic rings. The van der Waals surface area contributed by atoms with Crippen molar-refractivity contribution in [3.8, 4) is 0 Å². The van der Waals surface area contributed by atoms with Gasteiger partial charge in [-0.1, -0.05) is 60.1 Å². The summed E-state index contributed by atoms with van der Waals surface area (Å²) in [7, 11) is 0. The molecule has 20 heavy (non-hydrogen) atoms. The Labute approximate surface area is 129 Å². The number of aliphatic hydroxyl groups excluding tert-OH is 1. The third-order valence-corrected chi connectivity index (χ3v) is 3.80. The van der Waals surface area contributed by atoms with Crippen LogP contribution in [0.3, 0.4) is 0 Å². The molecule has 3 heteroatoms. The molecule has 0 saturated carbocycles. The first-order chi connectivity index (χ1) is 9.58. The fourth-order valence-electron chi connectivity index (χ4n) is 2.20. The molecule has 0 saturated heterocycles. The number of hydrogen-bond donors (Lipinski definition) is 2. The van der Waals surface area contributed by atoms with E-state index in [1.165, 1.54) is 5.56 Å². The topological polar surface area (TPSA) is 32.3 Å². The second kappa shape index (κ2) is 6.91. The highest BCUT2D eigenvalue weighted by Crippen LogP contribution is 2.25. The van der Waals surface area contributed by atoms with Crippen LogP contribution in [0.2, 0.25) is 0 Å². The van der Waals surface area contributed by atoms with E-state index in [-0.39, 0.29) is 0 Å². The maximum Gasteiger partial charge on any atom is 0.0962 e. The summed E-state index contributed by atoms with van der Waals surface area (Å²) in [5.74, 6) is 0.460. The predicted molar refractivity (Wildman–Crippen MR) is 88.1 cm³/mol. The van der Waals surface area contributed by atoms with Crippen LogP contribution in [0.25, 0.3) is 0 Å². The number of anilines is 1. The second-order valence-corrected chi connectivity index (χ2v) is 6.11. The molecule has 0 heterocycles. The van der Waals surface area contributed by atoms with Gasteiger partial charge in [-0.05, 0) is 35.2 Å². The fourth-order valence-corrected chi connectivity index (χ4v) is 2.62. The van der Waals surface area contributed by atoms with E-state index in [0.29, 0.717) is 12.5 Å². The largest absolute Gasteiger partial charge is 0.387 e. The minimum atomic E-state index is -0.521. The Kier molecular flexibility index (Phi) is 5.21. The zero-order valence-corrected chi connectivity index (χ0v) is 13.4. The van der Waals surface area contributed by atoms with Gasteiger partial charge in [0.25, 0.3) is 0 Å². The smallest absolute Gasteiger partial charge is 0.0962 e. The van der Waals surface area contributed by atoms with E-state index in [1.54, 1.807) is 0 Å². The highest BCUT2D eigenvalue weighted by atomic mass is 79.9. The summed E-state index contributed by atoms with van der Waals surface area (Å²) in [6.45, 7) is 4.84. The number of halogens is 1. The molecule has 0 aromatic heterocycles. The van der Waals surface area contributed by atoms with Gasteiger partial charge < -0.3 is 10.4 Å². The molecule has 0 amide bonds. The van der Waals surface area contributed by atoms with Crippen molar-refractivity contribution >= 4 is 21.6 Å². The van der Waals surface area contributed by atoms with Gasteiger partial charge in [-0.2, -0.15) is 0 Å². The van der Waals surface area contributed by atoms with Crippen molar-refractivity contribution in [2.24, 2.45) is 0 Å². The highest BCUT2D eigenvalue weighted by molar-refractivity contribution is 9.10. The second-order valence-electron chi connectivity index (χ2n) is 5.19. The summed E-state index contributed by atoms with van der Waals surface area (Å²) in [4.78, 5) is 0. The molecule has 0 bridgehead atoms. The molecule has 2 rings (SSSR count). The summed E-state index contributed by atoms with van der Waals surface area (Å²) < 4.78 is 0.983. The number of benzene rings is 2. The Hall–Kier alpha value is -1.32. The summed E-state index contributed by atoms with van der Waals surface area (Å²) in [5, 5.41) is 13.6. The lowest BCUT2D eigenvalue weighted by Gasteiger charge is -2.17. The Morgan fingerprint density at radius 1 is 1.10 bits per heavy atom. The van der Waals surface area contributed by atoms with Crippen LogP contribution < -0.4 is 5.32 Å². The number of para-hydroxylation sites is 1. The highest BCUT2D eigenvalue weighted by Gasteiger charge is 2.10. The van der Waals surface area contributed by atoms with E-state index < -0.39 is 6.10 Å². The standard InChI is InChI=1S/C17H20BrNO/c1-12(2)15-8-3-4-9-16(15)19-11-17(20)13-6-5-7-14(18)10-13/h3-10,12,17,19-20H,11H2,1-2H3. The molecule has 2 aromatic rings. The maximum absolute atomic E-state index is 10.3. The number of nitrogens with one attached hydrogen (secondary N) is 1. The minimum Gasteiger partial charge on any atom is -0.387 e. The van der Waals surface area contributed by atoms with Crippen LogP contribution in [-0.2, 0) is 0 Å². The molecule has 2 aromatic carbocycles. The van der Waals surface area contributed by atoms with Gasteiger partial charge in [-0.3, -0.25) is 0 Å². The van der Waals surface area contributed by atoms with Gasteiger partial charge in [-0.15, -0.1) is 0 Å². The SMILES string of the molecule is CC(C)c1ccccc1NCC(O)c1cccc(Br)c1. The van der Waals surface area contributed by atoms with Crippen LogP contribution in [0.5, 0.6) is 0 Å². The first kappa shape index (κ1) is 15.1. The van der Waals surface area contributed by atoms with Crippen molar-refractivity contribution < 1.29 is 5.11 Å². The van der Waals surface area contributed by atoms with Gasteiger partial charge in [-0.25, -0.2) is 0 Å². The van der Waals surface area contributed by atoms with Gasteiger partial charge in [0.15, 0.2) is 0 Å². The average Bonchev–Trinajstić information content (AvgIpc) is 2.45. The molecule has 1 unspecified atom stereocenters. The number of rotatable bonds is 5. The van der Waals surface area contributed by atoms with Crippen LogP contribution >= 0.6 is 15.9 Å². The lowest BCUT2D eigenvalue weighted by Crippen LogP contribution is -2.13. The molecule has 0 aliphatic heterocycles. The van der Waals surface area contributed by atoms with E-state index in [1.807, 2.05) is 36.4 Å². The first-order valence-electron chi connectivity index (χ1n) is 6.84. The van der Waals surface area contributed by atoms with Crippen molar-refractivity contribution in [2.75, 3.05) is 11.9 Å². The van der Waals surface area contributed by atoms with Crippen molar-refractivity contribution in [3.63, 3.8) is 0 Å². The molecule has 0 aliphatic carbocycles. The monoisotopic (exact) mass is 333 g/mol. The molecule has 106 valence electrons. The van der Waals surface area contributed by atoms with Crippen LogP contribution in [0.4, 0.5) is 5.69 Å². The van der Waals surface area contributed by atoms with Gasteiger partial charge >= 0.3 is 0 Å². The van der Waals surface area contributed by atoms with Crippen LogP contribution in [0.15, 0.2) is 53.0 Å². The third kappa shape index (κ3) is 3.84. The van der Waals surface area contributed by atoms with Gasteiger partial charge in [0, 0.05) is 16.7 Å². The minimum absolute atomic E-state index is 0.460. The molecule has 2 N–H and O–H groups in total. The van der Waals surface area contributed by atoms with Gasteiger partial charge in [0.1, 0.15) is 0 Å². The first-order valence-corrected chi connectivity index (χ1v) is 7.63. The predicted octanol–water partition coefficient (Wildman–Crippen LogP) is 4.72. The summed E-state index contributed by atoms with van der Waals surface area (Å²) in [6, 6.07) is 16.0. The third-order valence-electron chi connectivity index (χ3n) is 3.30. The summed E-state index contributed by atoms with van der Waals surface area (Å²) >= 11 is 3.43. The van der Waals surface area contributed by atoms with Crippen molar-refractivity contribution in [1.82, 2.24) is 0 Å². The number of aliphatic hydroxyl groups is 1. The molecule has 0 spiro atoms. The van der Waals surface area contributed by atoms with Gasteiger partial charge in [0.2, 0.25) is 0 Å². The molecule has 0 radical (unpaired) electrons. The lowest BCUT2D eigenvalue weighted by molar-refractivity contribution is 0.191. The van der Waals surface area contributed by atoms with Crippen molar-refractivity contribution in [2.45, 2.75) is 25.9 Å². The van der Waals surface area contributed by atoms with E-state index >= 15 is 0 Å². The average molecular weight is 334 g/mol.